The summed E-state index contributed by atoms with van der Waals surface area (Å²) in [5.74, 6) is -0.520. The quantitative estimate of drug-likeness (QED) is 0.835. The average molecular weight is 271 g/mol. The third kappa shape index (κ3) is 2.97. The fourth-order valence-corrected chi connectivity index (χ4v) is 2.74. The summed E-state index contributed by atoms with van der Waals surface area (Å²) in [7, 11) is -3.15. The van der Waals surface area contributed by atoms with Gasteiger partial charge >= 0.3 is 8.25 Å². The molecule has 1 atom stereocenters. The van der Waals surface area contributed by atoms with E-state index >= 15 is 0 Å². The monoisotopic (exact) mass is 271 g/mol. The number of nitrogens with zero attached hydrogens (tertiary/aromatic N) is 1. The Morgan fingerprint density at radius 1 is 1.50 bits per heavy atom. The number of halogens is 1. The van der Waals surface area contributed by atoms with Crippen LogP contribution in [0.1, 0.15) is 37.8 Å². The predicted octanol–water partition coefficient (Wildman–Crippen LogP) is 3.11. The van der Waals surface area contributed by atoms with E-state index in [1.807, 2.05) is 6.07 Å². The van der Waals surface area contributed by atoms with Crippen molar-refractivity contribution in [3.05, 3.63) is 35.1 Å². The van der Waals surface area contributed by atoms with Crippen molar-refractivity contribution >= 4 is 8.25 Å². The van der Waals surface area contributed by atoms with Crippen molar-refractivity contribution in [1.82, 2.24) is 0 Å². The van der Waals surface area contributed by atoms with Crippen molar-refractivity contribution < 1.29 is 18.4 Å². The highest BCUT2D eigenvalue weighted by molar-refractivity contribution is 7.32. The Bertz CT molecular complexity index is 495. The van der Waals surface area contributed by atoms with E-state index in [0.29, 0.717) is 18.4 Å². The first-order chi connectivity index (χ1) is 8.49. The van der Waals surface area contributed by atoms with Crippen molar-refractivity contribution in [1.29, 1.82) is 5.26 Å². The second kappa shape index (κ2) is 6.10. The van der Waals surface area contributed by atoms with Gasteiger partial charge in [-0.15, -0.1) is 0 Å². The van der Waals surface area contributed by atoms with Gasteiger partial charge in [-0.05, 0) is 25.0 Å². The molecule has 0 saturated carbocycles. The van der Waals surface area contributed by atoms with E-state index in [1.54, 1.807) is 13.8 Å². The van der Waals surface area contributed by atoms with Crippen LogP contribution >= 0.6 is 8.25 Å². The molecule has 0 amide bonds. The fourth-order valence-electron chi connectivity index (χ4n) is 2.00. The van der Waals surface area contributed by atoms with E-state index in [9.17, 15) is 8.96 Å². The minimum atomic E-state index is -3.15. The van der Waals surface area contributed by atoms with Gasteiger partial charge in [0.1, 0.15) is 11.4 Å². The van der Waals surface area contributed by atoms with E-state index in [0.717, 1.165) is 6.07 Å². The van der Waals surface area contributed by atoms with Crippen LogP contribution in [-0.4, -0.2) is 4.89 Å². The van der Waals surface area contributed by atoms with Gasteiger partial charge in [0.05, 0.1) is 11.6 Å². The van der Waals surface area contributed by atoms with Crippen molar-refractivity contribution in [2.24, 2.45) is 0 Å². The molecule has 0 aromatic heterocycles. The molecule has 1 aromatic carbocycles. The number of nitriles is 1. The third-order valence-corrected chi connectivity index (χ3v) is 3.58. The summed E-state index contributed by atoms with van der Waals surface area (Å²) < 4.78 is 29.2. The van der Waals surface area contributed by atoms with Crippen LogP contribution in [0.4, 0.5) is 4.39 Å². The molecule has 18 heavy (non-hydrogen) atoms. The minimum Gasteiger partial charge on any atom is -0.326 e. The second-order valence-electron chi connectivity index (χ2n) is 3.87. The van der Waals surface area contributed by atoms with Gasteiger partial charge in [0.25, 0.3) is 0 Å². The summed E-state index contributed by atoms with van der Waals surface area (Å²) in [6.45, 7) is 3.58. The molecule has 1 unspecified atom stereocenters. The molecule has 98 valence electrons. The maximum atomic E-state index is 13.1. The van der Waals surface area contributed by atoms with E-state index in [4.69, 9.17) is 14.7 Å². The summed E-state index contributed by atoms with van der Waals surface area (Å²) in [6.07, 6.45) is 0.835. The zero-order valence-electron chi connectivity index (χ0n) is 10.2. The smallest absolute Gasteiger partial charge is 0.317 e. The molecule has 1 rings (SSSR count). The van der Waals surface area contributed by atoms with Crippen LogP contribution in [-0.2, 0) is 14.7 Å². The lowest BCUT2D eigenvalue weighted by molar-refractivity contribution is 0.0533. The zero-order valence-corrected chi connectivity index (χ0v) is 11.2. The highest BCUT2D eigenvalue weighted by atomic mass is 31.1. The first kappa shape index (κ1) is 14.8. The lowest BCUT2D eigenvalue weighted by atomic mass is 9.85. The lowest BCUT2D eigenvalue weighted by Crippen LogP contribution is -2.27. The van der Waals surface area contributed by atoms with E-state index < -0.39 is 19.7 Å². The normalized spacial score (nSPS) is 13.1. The van der Waals surface area contributed by atoms with Gasteiger partial charge in [0, 0.05) is 5.56 Å². The highest BCUT2D eigenvalue weighted by Gasteiger charge is 2.33. The predicted molar refractivity (Wildman–Crippen MR) is 65.7 cm³/mol. The number of rotatable bonds is 5. The zero-order chi connectivity index (χ0) is 13.8. The van der Waals surface area contributed by atoms with E-state index in [-0.39, 0.29) is 5.56 Å². The van der Waals surface area contributed by atoms with Crippen molar-refractivity contribution in [3.8, 4) is 6.07 Å². The Balaban J connectivity index is 3.38. The Morgan fingerprint density at radius 3 is 2.56 bits per heavy atom. The third-order valence-electron chi connectivity index (χ3n) is 3.02. The number of benzene rings is 1. The first-order valence-corrected chi connectivity index (χ1v) is 6.87. The molecule has 6 heteroatoms. The summed E-state index contributed by atoms with van der Waals surface area (Å²) >= 11 is 0. The molecule has 0 bridgehead atoms. The first-order valence-electron chi connectivity index (χ1n) is 5.61. The summed E-state index contributed by atoms with van der Waals surface area (Å²) in [4.78, 5) is 9.00. The molecule has 0 aliphatic carbocycles. The van der Waals surface area contributed by atoms with Gasteiger partial charge in [-0.25, -0.2) is 4.39 Å². The molecule has 0 fully saturated rings. The fraction of sp³-hybridized carbons (Fsp3) is 0.417. The molecule has 0 heterocycles. The Labute approximate surface area is 106 Å². The summed E-state index contributed by atoms with van der Waals surface area (Å²) in [5.41, 5.74) is -0.449. The molecule has 1 aromatic rings. The van der Waals surface area contributed by atoms with Crippen molar-refractivity contribution in [2.45, 2.75) is 32.3 Å². The van der Waals surface area contributed by atoms with E-state index in [2.05, 4.69) is 0 Å². The molecule has 0 aliphatic heterocycles. The van der Waals surface area contributed by atoms with Crippen LogP contribution in [0.2, 0.25) is 0 Å². The molecular formula is C12H15FNO3P. The highest BCUT2D eigenvalue weighted by Crippen LogP contribution is 2.41. The summed E-state index contributed by atoms with van der Waals surface area (Å²) in [5, 5.41) is 9.03. The molecule has 0 spiro atoms. The Hall–Kier alpha value is -1.21. The van der Waals surface area contributed by atoms with Crippen LogP contribution in [0.25, 0.3) is 0 Å². The van der Waals surface area contributed by atoms with Crippen molar-refractivity contribution in [3.63, 3.8) is 0 Å². The topological polar surface area (TPSA) is 70.3 Å². The standard InChI is InChI=1S/C12H15FNO3P/c1-3-12(4-2,17-18(15)16)11-6-5-10(13)7-9(11)8-14/h5-7,18H,3-4H2,1-2H3,(H,15,16). The molecule has 0 radical (unpaired) electrons. The van der Waals surface area contributed by atoms with Gasteiger partial charge in [-0.2, -0.15) is 5.26 Å². The second-order valence-corrected chi connectivity index (χ2v) is 4.61. The van der Waals surface area contributed by atoms with Gasteiger partial charge in [-0.1, -0.05) is 19.9 Å². The lowest BCUT2D eigenvalue weighted by Gasteiger charge is -2.31. The summed E-state index contributed by atoms with van der Waals surface area (Å²) in [6, 6.07) is 5.65. The number of hydrogen-bond donors (Lipinski definition) is 1. The largest absolute Gasteiger partial charge is 0.326 e. The average Bonchev–Trinajstić information content (AvgIpc) is 2.35. The van der Waals surface area contributed by atoms with E-state index in [1.165, 1.54) is 12.1 Å². The van der Waals surface area contributed by atoms with Crippen LogP contribution in [0.15, 0.2) is 18.2 Å². The Kier molecular flexibility index (Phi) is 5.03. The van der Waals surface area contributed by atoms with Gasteiger partial charge in [-0.3, -0.25) is 9.09 Å². The molecular weight excluding hydrogens is 256 g/mol. The van der Waals surface area contributed by atoms with Gasteiger partial charge in [0.15, 0.2) is 0 Å². The SMILES string of the molecule is CCC(CC)(O[PH](=O)O)c1ccc(F)cc1C#N. The molecule has 0 aliphatic rings. The molecule has 0 saturated heterocycles. The number of hydrogen-bond acceptors (Lipinski definition) is 3. The Morgan fingerprint density at radius 2 is 2.11 bits per heavy atom. The van der Waals surface area contributed by atoms with Gasteiger partial charge in [0.2, 0.25) is 0 Å². The maximum absolute atomic E-state index is 13.1. The minimum absolute atomic E-state index is 0.127. The van der Waals surface area contributed by atoms with Crippen LogP contribution < -0.4 is 0 Å². The van der Waals surface area contributed by atoms with Gasteiger partial charge < -0.3 is 4.89 Å². The van der Waals surface area contributed by atoms with Crippen LogP contribution in [0, 0.1) is 17.1 Å². The van der Waals surface area contributed by atoms with Crippen LogP contribution in [0.5, 0.6) is 0 Å². The van der Waals surface area contributed by atoms with Crippen LogP contribution in [0.3, 0.4) is 0 Å². The van der Waals surface area contributed by atoms with Crippen molar-refractivity contribution in [2.75, 3.05) is 0 Å². The molecule has 4 nitrogen and oxygen atoms in total. The molecule has 1 N–H and O–H groups in total. The maximum Gasteiger partial charge on any atom is 0.317 e.